The Morgan fingerprint density at radius 3 is 2.65 bits per heavy atom. The van der Waals surface area contributed by atoms with E-state index >= 15 is 0 Å². The lowest BCUT2D eigenvalue weighted by molar-refractivity contribution is 0.201. The Morgan fingerprint density at radius 1 is 1.15 bits per heavy atom. The Hall–Kier alpha value is -2.53. The van der Waals surface area contributed by atoms with Gasteiger partial charge in [-0.05, 0) is 30.3 Å². The molecule has 0 amide bonds. The second-order valence-electron chi connectivity index (χ2n) is 4.00. The van der Waals surface area contributed by atoms with Crippen LogP contribution in [0.15, 0.2) is 57.7 Å². The molecule has 0 saturated carbocycles. The van der Waals surface area contributed by atoms with E-state index in [4.69, 9.17) is 20.8 Å². The van der Waals surface area contributed by atoms with Gasteiger partial charge in [0.15, 0.2) is 5.58 Å². The SMILES string of the molecule is O=C(Oc1ccccc1)n1c(=O)oc2ccc(Cl)cc21. The lowest BCUT2D eigenvalue weighted by Gasteiger charge is -2.03. The summed E-state index contributed by atoms with van der Waals surface area (Å²) in [6.45, 7) is 0. The molecule has 20 heavy (non-hydrogen) atoms. The molecule has 0 fully saturated rings. The summed E-state index contributed by atoms with van der Waals surface area (Å²) >= 11 is 5.86. The summed E-state index contributed by atoms with van der Waals surface area (Å²) in [6.07, 6.45) is -0.845. The van der Waals surface area contributed by atoms with Crippen LogP contribution in [0, 0.1) is 0 Å². The highest BCUT2D eigenvalue weighted by atomic mass is 35.5. The van der Waals surface area contributed by atoms with E-state index in [2.05, 4.69) is 0 Å². The molecule has 0 saturated heterocycles. The number of benzene rings is 2. The van der Waals surface area contributed by atoms with Crippen LogP contribution in [-0.2, 0) is 0 Å². The van der Waals surface area contributed by atoms with Crippen LogP contribution in [0.25, 0.3) is 11.1 Å². The molecular formula is C14H8ClNO4. The maximum absolute atomic E-state index is 12.1. The summed E-state index contributed by atoms with van der Waals surface area (Å²) in [4.78, 5) is 23.8. The predicted octanol–water partition coefficient (Wildman–Crippen LogP) is 3.30. The summed E-state index contributed by atoms with van der Waals surface area (Å²) in [5.41, 5.74) is 0.535. The fraction of sp³-hybridized carbons (Fsp3) is 0. The smallest absolute Gasteiger partial charge is 0.410 e. The molecule has 2 aromatic carbocycles. The first kappa shape index (κ1) is 12.5. The van der Waals surface area contributed by atoms with Gasteiger partial charge in [-0.2, -0.15) is 4.57 Å². The molecule has 0 unspecified atom stereocenters. The van der Waals surface area contributed by atoms with E-state index in [1.165, 1.54) is 12.1 Å². The number of rotatable bonds is 1. The number of ether oxygens (including phenoxy) is 1. The Kier molecular flexibility index (Phi) is 3.04. The zero-order chi connectivity index (χ0) is 14.1. The highest BCUT2D eigenvalue weighted by Crippen LogP contribution is 2.19. The minimum absolute atomic E-state index is 0.267. The Bertz CT molecular complexity index is 835. The molecular weight excluding hydrogens is 282 g/mol. The van der Waals surface area contributed by atoms with Crippen molar-refractivity contribution in [3.63, 3.8) is 0 Å². The Labute approximate surface area is 117 Å². The maximum Gasteiger partial charge on any atom is 0.429 e. The highest BCUT2D eigenvalue weighted by Gasteiger charge is 2.18. The van der Waals surface area contributed by atoms with Crippen molar-refractivity contribution in [2.24, 2.45) is 0 Å². The van der Waals surface area contributed by atoms with Gasteiger partial charge >= 0.3 is 11.8 Å². The van der Waals surface area contributed by atoms with E-state index in [1.807, 2.05) is 0 Å². The normalized spacial score (nSPS) is 10.7. The molecule has 0 atom stereocenters. The number of para-hydroxylation sites is 1. The lowest BCUT2D eigenvalue weighted by atomic mass is 10.3. The van der Waals surface area contributed by atoms with Gasteiger partial charge in [0.25, 0.3) is 0 Å². The number of hydrogen-bond donors (Lipinski definition) is 0. The minimum Gasteiger partial charge on any atom is -0.410 e. The van der Waals surface area contributed by atoms with Crippen LogP contribution in [0.2, 0.25) is 5.02 Å². The van der Waals surface area contributed by atoms with Crippen molar-refractivity contribution in [3.05, 3.63) is 64.1 Å². The van der Waals surface area contributed by atoms with Crippen molar-refractivity contribution in [1.82, 2.24) is 4.57 Å². The topological polar surface area (TPSA) is 61.4 Å². The zero-order valence-electron chi connectivity index (χ0n) is 10.1. The summed E-state index contributed by atoms with van der Waals surface area (Å²) < 4.78 is 10.9. The van der Waals surface area contributed by atoms with Crippen LogP contribution >= 0.6 is 11.6 Å². The largest absolute Gasteiger partial charge is 0.429 e. The summed E-state index contributed by atoms with van der Waals surface area (Å²) in [5.74, 6) is -0.482. The second kappa shape index (κ2) is 4.86. The number of aromatic nitrogens is 1. The fourth-order valence-electron chi connectivity index (χ4n) is 1.80. The third kappa shape index (κ3) is 2.19. The zero-order valence-corrected chi connectivity index (χ0v) is 10.8. The first-order valence-electron chi connectivity index (χ1n) is 5.73. The van der Waals surface area contributed by atoms with Gasteiger partial charge < -0.3 is 9.15 Å². The van der Waals surface area contributed by atoms with Gasteiger partial charge in [-0.15, -0.1) is 0 Å². The molecule has 0 aliphatic rings. The van der Waals surface area contributed by atoms with Crippen molar-refractivity contribution in [2.75, 3.05) is 0 Å². The molecule has 0 radical (unpaired) electrons. The van der Waals surface area contributed by atoms with Crippen LogP contribution in [0.4, 0.5) is 4.79 Å². The standard InChI is InChI=1S/C14H8ClNO4/c15-9-6-7-12-11(8-9)16(14(18)20-12)13(17)19-10-4-2-1-3-5-10/h1-8H. The van der Waals surface area contributed by atoms with Gasteiger partial charge in [0.05, 0.1) is 0 Å². The van der Waals surface area contributed by atoms with Gasteiger partial charge in [0, 0.05) is 5.02 Å². The molecule has 3 rings (SSSR count). The molecule has 0 spiro atoms. The van der Waals surface area contributed by atoms with E-state index < -0.39 is 11.8 Å². The molecule has 100 valence electrons. The summed E-state index contributed by atoms with van der Waals surface area (Å²) in [5, 5.41) is 0.388. The van der Waals surface area contributed by atoms with Crippen LogP contribution < -0.4 is 10.5 Å². The van der Waals surface area contributed by atoms with Gasteiger partial charge in [-0.25, -0.2) is 9.59 Å². The third-order valence-electron chi connectivity index (χ3n) is 2.67. The van der Waals surface area contributed by atoms with Crippen molar-refractivity contribution in [1.29, 1.82) is 0 Å². The third-order valence-corrected chi connectivity index (χ3v) is 2.91. The molecule has 0 aliphatic heterocycles. The molecule has 1 heterocycles. The minimum atomic E-state index is -0.845. The highest BCUT2D eigenvalue weighted by molar-refractivity contribution is 6.31. The number of carbonyl (C=O) groups excluding carboxylic acids is 1. The number of hydrogen-bond acceptors (Lipinski definition) is 4. The predicted molar refractivity (Wildman–Crippen MR) is 73.3 cm³/mol. The van der Waals surface area contributed by atoms with E-state index in [0.29, 0.717) is 10.8 Å². The first-order chi connectivity index (χ1) is 9.65. The van der Waals surface area contributed by atoms with E-state index in [9.17, 15) is 9.59 Å². The summed E-state index contributed by atoms with van der Waals surface area (Å²) in [7, 11) is 0. The average molecular weight is 290 g/mol. The van der Waals surface area contributed by atoms with Crippen molar-refractivity contribution in [3.8, 4) is 5.75 Å². The van der Waals surface area contributed by atoms with E-state index in [1.54, 1.807) is 36.4 Å². The number of fused-ring (bicyclic) bond motifs is 1. The number of nitrogens with zero attached hydrogens (tertiary/aromatic N) is 1. The van der Waals surface area contributed by atoms with E-state index in [-0.39, 0.29) is 11.1 Å². The first-order valence-corrected chi connectivity index (χ1v) is 6.11. The van der Waals surface area contributed by atoms with Gasteiger partial charge in [0.2, 0.25) is 0 Å². The van der Waals surface area contributed by atoms with E-state index in [0.717, 1.165) is 4.57 Å². The molecule has 0 N–H and O–H groups in total. The molecule has 1 aromatic heterocycles. The fourth-order valence-corrected chi connectivity index (χ4v) is 1.96. The number of carbonyl (C=O) groups is 1. The van der Waals surface area contributed by atoms with Gasteiger partial charge in [-0.3, -0.25) is 0 Å². The molecule has 5 nitrogen and oxygen atoms in total. The Balaban J connectivity index is 2.05. The number of halogens is 1. The Morgan fingerprint density at radius 2 is 1.90 bits per heavy atom. The van der Waals surface area contributed by atoms with Crippen LogP contribution in [-0.4, -0.2) is 10.7 Å². The van der Waals surface area contributed by atoms with Crippen molar-refractivity contribution < 1.29 is 13.9 Å². The monoisotopic (exact) mass is 289 g/mol. The van der Waals surface area contributed by atoms with Gasteiger partial charge in [-0.1, -0.05) is 29.8 Å². The second-order valence-corrected chi connectivity index (χ2v) is 4.43. The molecule has 6 heteroatoms. The molecule has 3 aromatic rings. The summed E-state index contributed by atoms with van der Waals surface area (Å²) in [6, 6.07) is 13.0. The number of oxazole rings is 1. The molecule has 0 bridgehead atoms. The van der Waals surface area contributed by atoms with Crippen LogP contribution in [0.5, 0.6) is 5.75 Å². The van der Waals surface area contributed by atoms with Crippen molar-refractivity contribution in [2.45, 2.75) is 0 Å². The maximum atomic E-state index is 12.1. The van der Waals surface area contributed by atoms with Gasteiger partial charge in [0.1, 0.15) is 11.3 Å². The van der Waals surface area contributed by atoms with Crippen LogP contribution in [0.1, 0.15) is 0 Å². The quantitative estimate of drug-likeness (QED) is 0.689. The average Bonchev–Trinajstić information content (AvgIpc) is 2.75. The van der Waals surface area contributed by atoms with Crippen LogP contribution in [0.3, 0.4) is 0 Å². The lowest BCUT2D eigenvalue weighted by Crippen LogP contribution is -2.26. The molecule has 0 aliphatic carbocycles. The van der Waals surface area contributed by atoms with Crippen molar-refractivity contribution >= 4 is 28.8 Å².